The molecule has 2 aromatic rings. The Morgan fingerprint density at radius 1 is 1.10 bits per heavy atom. The lowest BCUT2D eigenvalue weighted by Gasteiger charge is -2.28. The Kier molecular flexibility index (Phi) is 2.57. The van der Waals surface area contributed by atoms with E-state index in [4.69, 9.17) is 5.73 Å². The number of halogens is 1. The summed E-state index contributed by atoms with van der Waals surface area (Å²) in [6, 6.07) is 13.9. The van der Waals surface area contributed by atoms with Gasteiger partial charge in [0.15, 0.2) is 0 Å². The van der Waals surface area contributed by atoms with Crippen molar-refractivity contribution in [3.05, 3.63) is 65.0 Å². The van der Waals surface area contributed by atoms with E-state index in [0.717, 1.165) is 25.1 Å². The Hall–Kier alpha value is -1.87. The quantitative estimate of drug-likeness (QED) is 0.859. The van der Waals surface area contributed by atoms with Gasteiger partial charge in [-0.2, -0.15) is 0 Å². The molecule has 1 aliphatic carbocycles. The van der Waals surface area contributed by atoms with Gasteiger partial charge in [-0.25, -0.2) is 4.39 Å². The molecule has 4 rings (SSSR count). The monoisotopic (exact) mass is 268 g/mol. The highest BCUT2D eigenvalue weighted by atomic mass is 19.1. The Morgan fingerprint density at radius 3 is 2.75 bits per heavy atom. The fourth-order valence-corrected chi connectivity index (χ4v) is 3.64. The molecule has 2 atom stereocenters. The highest BCUT2D eigenvalue weighted by molar-refractivity contribution is 5.61. The average molecular weight is 268 g/mol. The van der Waals surface area contributed by atoms with Gasteiger partial charge in [-0.05, 0) is 41.7 Å². The minimum absolute atomic E-state index is 0.0915. The Labute approximate surface area is 118 Å². The summed E-state index contributed by atoms with van der Waals surface area (Å²) in [5.41, 5.74) is 11.1. The lowest BCUT2D eigenvalue weighted by Crippen LogP contribution is -2.25. The molecule has 0 amide bonds. The van der Waals surface area contributed by atoms with Crippen molar-refractivity contribution >= 4 is 5.69 Å². The summed E-state index contributed by atoms with van der Waals surface area (Å²) >= 11 is 0. The molecule has 2 aromatic carbocycles. The molecule has 0 saturated carbocycles. The lowest BCUT2D eigenvalue weighted by atomic mass is 10.1. The van der Waals surface area contributed by atoms with Crippen LogP contribution < -0.4 is 10.6 Å². The minimum Gasteiger partial charge on any atom is -0.364 e. The zero-order valence-electron chi connectivity index (χ0n) is 11.2. The molecule has 102 valence electrons. The van der Waals surface area contributed by atoms with Crippen LogP contribution in [0.15, 0.2) is 42.5 Å². The summed E-state index contributed by atoms with van der Waals surface area (Å²) in [5.74, 6) is -0.161. The third kappa shape index (κ3) is 1.66. The first kappa shape index (κ1) is 11.9. The fraction of sp³-hybridized carbons (Fsp3) is 0.294. The van der Waals surface area contributed by atoms with E-state index in [1.165, 1.54) is 16.7 Å². The van der Waals surface area contributed by atoms with Crippen molar-refractivity contribution < 1.29 is 4.39 Å². The lowest BCUT2D eigenvalue weighted by molar-refractivity contribution is 0.575. The summed E-state index contributed by atoms with van der Waals surface area (Å²) in [5, 5.41) is 0. The molecule has 20 heavy (non-hydrogen) atoms. The molecular weight excluding hydrogens is 251 g/mol. The van der Waals surface area contributed by atoms with Gasteiger partial charge in [0.1, 0.15) is 5.82 Å². The largest absolute Gasteiger partial charge is 0.364 e. The van der Waals surface area contributed by atoms with Crippen LogP contribution in [0.2, 0.25) is 0 Å². The van der Waals surface area contributed by atoms with Crippen molar-refractivity contribution in [3.63, 3.8) is 0 Å². The van der Waals surface area contributed by atoms with E-state index < -0.39 is 0 Å². The first-order valence-electron chi connectivity index (χ1n) is 7.13. The number of fused-ring (bicyclic) bond motifs is 2. The van der Waals surface area contributed by atoms with Gasteiger partial charge in [-0.1, -0.05) is 30.3 Å². The van der Waals surface area contributed by atoms with E-state index in [-0.39, 0.29) is 17.9 Å². The van der Waals surface area contributed by atoms with Crippen LogP contribution in [-0.2, 0) is 6.42 Å². The molecule has 0 saturated heterocycles. The second-order valence-corrected chi connectivity index (χ2v) is 5.70. The molecular formula is C17H17FN2. The van der Waals surface area contributed by atoms with Crippen LogP contribution in [0.3, 0.4) is 0 Å². The van der Waals surface area contributed by atoms with Crippen molar-refractivity contribution in [2.24, 2.45) is 5.73 Å². The molecule has 0 bridgehead atoms. The predicted octanol–water partition coefficient (Wildman–Crippen LogP) is 3.33. The maximum absolute atomic E-state index is 13.5. The number of rotatable bonds is 1. The summed E-state index contributed by atoms with van der Waals surface area (Å²) in [6.45, 7) is 0.949. The van der Waals surface area contributed by atoms with Crippen LogP contribution in [0.5, 0.6) is 0 Å². The van der Waals surface area contributed by atoms with Crippen molar-refractivity contribution in [1.82, 2.24) is 0 Å². The molecule has 2 aliphatic rings. The SMILES string of the molecule is NC1CC(N2CCc3ccc(F)cc32)c2ccccc21. The van der Waals surface area contributed by atoms with E-state index in [0.29, 0.717) is 0 Å². The number of nitrogens with two attached hydrogens (primary N) is 1. The maximum Gasteiger partial charge on any atom is 0.125 e. The smallest absolute Gasteiger partial charge is 0.125 e. The van der Waals surface area contributed by atoms with Crippen LogP contribution in [0.4, 0.5) is 10.1 Å². The average Bonchev–Trinajstić information content (AvgIpc) is 3.00. The van der Waals surface area contributed by atoms with E-state index in [9.17, 15) is 4.39 Å². The Morgan fingerprint density at radius 2 is 1.90 bits per heavy atom. The van der Waals surface area contributed by atoms with Gasteiger partial charge in [-0.3, -0.25) is 0 Å². The second-order valence-electron chi connectivity index (χ2n) is 5.70. The van der Waals surface area contributed by atoms with E-state index in [2.05, 4.69) is 23.1 Å². The van der Waals surface area contributed by atoms with Crippen LogP contribution >= 0.6 is 0 Å². The number of nitrogens with zero attached hydrogens (tertiary/aromatic N) is 1. The third-order valence-corrected chi connectivity index (χ3v) is 4.59. The van der Waals surface area contributed by atoms with Crippen molar-refractivity contribution in [2.75, 3.05) is 11.4 Å². The Balaban J connectivity index is 1.77. The topological polar surface area (TPSA) is 29.3 Å². The molecule has 2 N–H and O–H groups in total. The summed E-state index contributed by atoms with van der Waals surface area (Å²) in [4.78, 5) is 2.32. The zero-order valence-corrected chi connectivity index (χ0v) is 11.2. The maximum atomic E-state index is 13.5. The molecule has 1 aliphatic heterocycles. The number of anilines is 1. The van der Waals surface area contributed by atoms with Gasteiger partial charge >= 0.3 is 0 Å². The van der Waals surface area contributed by atoms with E-state index >= 15 is 0 Å². The van der Waals surface area contributed by atoms with Crippen molar-refractivity contribution in [2.45, 2.75) is 24.9 Å². The van der Waals surface area contributed by atoms with Gasteiger partial charge in [0, 0.05) is 18.3 Å². The minimum atomic E-state index is -0.161. The predicted molar refractivity (Wildman–Crippen MR) is 78.2 cm³/mol. The molecule has 0 spiro atoms. The van der Waals surface area contributed by atoms with Crippen molar-refractivity contribution in [3.8, 4) is 0 Å². The molecule has 2 unspecified atom stereocenters. The zero-order chi connectivity index (χ0) is 13.7. The van der Waals surface area contributed by atoms with Gasteiger partial charge in [0.2, 0.25) is 0 Å². The molecule has 2 nitrogen and oxygen atoms in total. The number of hydrogen-bond donors (Lipinski definition) is 1. The van der Waals surface area contributed by atoms with Crippen LogP contribution in [0.25, 0.3) is 0 Å². The molecule has 1 heterocycles. The molecule has 0 aromatic heterocycles. The second kappa shape index (κ2) is 4.32. The van der Waals surface area contributed by atoms with Crippen molar-refractivity contribution in [1.29, 1.82) is 0 Å². The fourth-order valence-electron chi connectivity index (χ4n) is 3.64. The summed E-state index contributed by atoms with van der Waals surface area (Å²) < 4.78 is 13.5. The van der Waals surface area contributed by atoms with Crippen LogP contribution in [0.1, 0.15) is 35.2 Å². The van der Waals surface area contributed by atoms with Crippen LogP contribution in [-0.4, -0.2) is 6.54 Å². The highest BCUT2D eigenvalue weighted by Gasteiger charge is 2.35. The summed E-state index contributed by atoms with van der Waals surface area (Å²) in [7, 11) is 0. The molecule has 0 fully saturated rings. The number of hydrogen-bond acceptors (Lipinski definition) is 2. The van der Waals surface area contributed by atoms with E-state index in [1.54, 1.807) is 12.1 Å². The van der Waals surface area contributed by atoms with Gasteiger partial charge in [0.25, 0.3) is 0 Å². The first-order chi connectivity index (χ1) is 9.74. The third-order valence-electron chi connectivity index (χ3n) is 4.59. The molecule has 3 heteroatoms. The van der Waals surface area contributed by atoms with Gasteiger partial charge in [-0.15, -0.1) is 0 Å². The summed E-state index contributed by atoms with van der Waals surface area (Å²) in [6.07, 6.45) is 1.90. The van der Waals surface area contributed by atoms with Gasteiger partial charge < -0.3 is 10.6 Å². The molecule has 0 radical (unpaired) electrons. The van der Waals surface area contributed by atoms with Gasteiger partial charge in [0.05, 0.1) is 6.04 Å². The highest BCUT2D eigenvalue weighted by Crippen LogP contribution is 2.45. The standard InChI is InChI=1S/C17H17FN2/c18-12-6-5-11-7-8-20(16(11)9-12)17-10-15(19)13-3-1-2-4-14(13)17/h1-6,9,15,17H,7-8,10,19H2. The van der Waals surface area contributed by atoms with E-state index in [1.807, 2.05) is 12.1 Å². The first-order valence-corrected chi connectivity index (χ1v) is 7.13. The normalized spacial score (nSPS) is 23.8. The Bertz CT molecular complexity index is 668. The number of benzene rings is 2. The van der Waals surface area contributed by atoms with Crippen LogP contribution in [0, 0.1) is 5.82 Å².